The molecule has 1 unspecified atom stereocenters. The summed E-state index contributed by atoms with van der Waals surface area (Å²) in [6, 6.07) is 6.46. The van der Waals surface area contributed by atoms with Crippen molar-refractivity contribution in [1.29, 1.82) is 0 Å². The number of ether oxygens (including phenoxy) is 1. The summed E-state index contributed by atoms with van der Waals surface area (Å²) < 4.78 is 8.81. The smallest absolute Gasteiger partial charge is 0.142 e. The minimum absolute atomic E-state index is 0.609. The van der Waals surface area contributed by atoms with Crippen LogP contribution in [0.4, 0.5) is 5.69 Å². The lowest BCUT2D eigenvalue weighted by Crippen LogP contribution is -2.31. The lowest BCUT2D eigenvalue weighted by Gasteiger charge is -2.28. The van der Waals surface area contributed by atoms with Crippen molar-refractivity contribution in [2.45, 2.75) is 38.1 Å². The molecule has 1 aliphatic rings. The van der Waals surface area contributed by atoms with Crippen molar-refractivity contribution in [2.24, 2.45) is 11.8 Å². The maximum Gasteiger partial charge on any atom is 0.142 e. The fourth-order valence-electron chi connectivity index (χ4n) is 3.20. The van der Waals surface area contributed by atoms with Gasteiger partial charge in [-0.1, -0.05) is 13.0 Å². The molecule has 1 atom stereocenters. The molecule has 0 amide bonds. The number of pyridine rings is 1. The molecule has 1 fully saturated rings. The summed E-state index contributed by atoms with van der Waals surface area (Å²) in [7, 11) is 0. The molecule has 0 radical (unpaired) electrons. The minimum atomic E-state index is 0.609. The molecule has 1 saturated carbocycles. The van der Waals surface area contributed by atoms with Gasteiger partial charge < -0.3 is 9.64 Å². The lowest BCUT2D eigenvalue weighted by atomic mass is 10.1. The van der Waals surface area contributed by atoms with Gasteiger partial charge in [0.1, 0.15) is 8.73 Å². The number of thioether (sulfide) groups is 1. The van der Waals surface area contributed by atoms with Gasteiger partial charge in [-0.2, -0.15) is 5.10 Å². The Morgan fingerprint density at radius 1 is 1.44 bits per heavy atom. The second-order valence-electron chi connectivity index (χ2n) is 6.94. The van der Waals surface area contributed by atoms with Crippen molar-refractivity contribution in [3.05, 3.63) is 21.9 Å². The third-order valence-electron chi connectivity index (χ3n) is 4.73. The van der Waals surface area contributed by atoms with E-state index in [0.717, 1.165) is 47.4 Å². The van der Waals surface area contributed by atoms with Crippen LogP contribution in [0.3, 0.4) is 0 Å². The SMILES string of the molecule is CCOCCC(C)CN(CC1CC1)c1c(SC)nn2c(I)cccc12. The van der Waals surface area contributed by atoms with Crippen LogP contribution in [0.25, 0.3) is 5.52 Å². The third-order valence-corrected chi connectivity index (χ3v) is 6.21. The molecular weight excluding hydrogens is 445 g/mol. The van der Waals surface area contributed by atoms with Crippen molar-refractivity contribution in [3.63, 3.8) is 0 Å². The van der Waals surface area contributed by atoms with Gasteiger partial charge in [-0.3, -0.25) is 0 Å². The van der Waals surface area contributed by atoms with E-state index >= 15 is 0 Å². The highest BCUT2D eigenvalue weighted by molar-refractivity contribution is 14.1. The highest BCUT2D eigenvalue weighted by Crippen LogP contribution is 2.38. The maximum absolute atomic E-state index is 5.56. The van der Waals surface area contributed by atoms with Crippen molar-refractivity contribution >= 4 is 45.6 Å². The lowest BCUT2D eigenvalue weighted by molar-refractivity contribution is 0.134. The molecule has 4 nitrogen and oxygen atoms in total. The van der Waals surface area contributed by atoms with Crippen LogP contribution in [0.2, 0.25) is 0 Å². The van der Waals surface area contributed by atoms with Crippen LogP contribution in [0, 0.1) is 15.5 Å². The van der Waals surface area contributed by atoms with E-state index in [4.69, 9.17) is 9.84 Å². The summed E-state index contributed by atoms with van der Waals surface area (Å²) >= 11 is 4.12. The maximum atomic E-state index is 5.56. The quantitative estimate of drug-likeness (QED) is 0.212. The number of nitrogens with zero attached hydrogens (tertiary/aromatic N) is 3. The van der Waals surface area contributed by atoms with E-state index in [1.807, 2.05) is 0 Å². The van der Waals surface area contributed by atoms with Gasteiger partial charge in [-0.15, -0.1) is 11.8 Å². The van der Waals surface area contributed by atoms with Crippen LogP contribution in [0.5, 0.6) is 0 Å². The van der Waals surface area contributed by atoms with E-state index in [1.54, 1.807) is 11.8 Å². The normalized spacial score (nSPS) is 15.7. The number of halogens is 1. The predicted molar refractivity (Wildman–Crippen MR) is 115 cm³/mol. The van der Waals surface area contributed by atoms with Crippen molar-refractivity contribution < 1.29 is 4.74 Å². The molecule has 1 aliphatic carbocycles. The average Bonchev–Trinajstić information content (AvgIpc) is 3.32. The van der Waals surface area contributed by atoms with Crippen LogP contribution in [0.15, 0.2) is 23.2 Å². The van der Waals surface area contributed by atoms with Gasteiger partial charge in [-0.25, -0.2) is 4.52 Å². The van der Waals surface area contributed by atoms with E-state index in [9.17, 15) is 0 Å². The van der Waals surface area contributed by atoms with Crippen LogP contribution in [-0.4, -0.2) is 42.2 Å². The molecular formula is C19H28IN3OS. The summed E-state index contributed by atoms with van der Waals surface area (Å²) in [5.74, 6) is 1.46. The Morgan fingerprint density at radius 2 is 2.24 bits per heavy atom. The van der Waals surface area contributed by atoms with Crippen LogP contribution in [0.1, 0.15) is 33.1 Å². The van der Waals surface area contributed by atoms with E-state index < -0.39 is 0 Å². The van der Waals surface area contributed by atoms with Gasteiger partial charge in [0.25, 0.3) is 0 Å². The van der Waals surface area contributed by atoms with Crippen LogP contribution >= 0.6 is 34.4 Å². The van der Waals surface area contributed by atoms with Gasteiger partial charge in [0.05, 0.1) is 11.2 Å². The average molecular weight is 473 g/mol. The Hall–Kier alpha value is -0.470. The summed E-state index contributed by atoms with van der Waals surface area (Å²) in [5, 5.41) is 6.01. The van der Waals surface area contributed by atoms with Gasteiger partial charge in [0, 0.05) is 26.3 Å². The van der Waals surface area contributed by atoms with Crippen LogP contribution < -0.4 is 4.90 Å². The molecule has 6 heteroatoms. The van der Waals surface area contributed by atoms with E-state index in [2.05, 4.69) is 70.3 Å². The number of fused-ring (bicyclic) bond motifs is 1. The Labute approximate surface area is 168 Å². The molecule has 0 aromatic carbocycles. The largest absolute Gasteiger partial charge is 0.382 e. The second-order valence-corrected chi connectivity index (χ2v) is 8.84. The number of anilines is 1. The summed E-state index contributed by atoms with van der Waals surface area (Å²) in [6.45, 7) is 8.30. The first-order valence-electron chi connectivity index (χ1n) is 9.18. The van der Waals surface area contributed by atoms with Crippen molar-refractivity contribution in [3.8, 4) is 0 Å². The Morgan fingerprint density at radius 3 is 2.92 bits per heavy atom. The molecule has 25 heavy (non-hydrogen) atoms. The molecule has 0 N–H and O–H groups in total. The van der Waals surface area contributed by atoms with Gasteiger partial charge in [0.15, 0.2) is 0 Å². The van der Waals surface area contributed by atoms with E-state index in [0.29, 0.717) is 5.92 Å². The first kappa shape index (κ1) is 19.3. The molecule has 0 spiro atoms. The topological polar surface area (TPSA) is 29.8 Å². The number of aromatic nitrogens is 2. The van der Waals surface area contributed by atoms with Gasteiger partial charge in [-0.05, 0) is 79.0 Å². The fraction of sp³-hybridized carbons (Fsp3) is 0.632. The van der Waals surface area contributed by atoms with Crippen molar-refractivity contribution in [2.75, 3.05) is 37.5 Å². The minimum Gasteiger partial charge on any atom is -0.382 e. The zero-order chi connectivity index (χ0) is 17.8. The molecule has 0 saturated heterocycles. The number of rotatable bonds is 10. The molecule has 2 aromatic heterocycles. The summed E-state index contributed by atoms with van der Waals surface area (Å²) in [6.07, 6.45) is 5.98. The molecule has 2 heterocycles. The molecule has 0 bridgehead atoms. The Kier molecular flexibility index (Phi) is 6.91. The van der Waals surface area contributed by atoms with E-state index in [1.165, 1.54) is 24.0 Å². The molecule has 138 valence electrons. The highest BCUT2D eigenvalue weighted by atomic mass is 127. The fourth-order valence-corrected chi connectivity index (χ4v) is 4.37. The zero-order valence-corrected chi connectivity index (χ0v) is 18.3. The first-order valence-corrected chi connectivity index (χ1v) is 11.5. The standard InChI is InChI=1S/C19H28IN3OS/c1-4-24-11-10-14(2)12-22(13-15-8-9-15)18-16-6-5-7-17(20)23(16)21-19(18)25-3/h5-7,14-15H,4,8-13H2,1-3H3. The highest BCUT2D eigenvalue weighted by Gasteiger charge is 2.28. The number of hydrogen-bond donors (Lipinski definition) is 0. The number of hydrogen-bond acceptors (Lipinski definition) is 4. The monoisotopic (exact) mass is 473 g/mol. The second kappa shape index (κ2) is 8.95. The van der Waals surface area contributed by atoms with E-state index in [-0.39, 0.29) is 0 Å². The molecule has 0 aliphatic heterocycles. The predicted octanol–water partition coefficient (Wildman–Crippen LogP) is 4.94. The van der Waals surface area contributed by atoms with Gasteiger partial charge in [0.2, 0.25) is 0 Å². The van der Waals surface area contributed by atoms with Crippen LogP contribution in [-0.2, 0) is 4.74 Å². The Bertz CT molecular complexity index is 701. The molecule has 2 aromatic rings. The Balaban J connectivity index is 1.87. The van der Waals surface area contributed by atoms with Crippen molar-refractivity contribution in [1.82, 2.24) is 9.61 Å². The zero-order valence-electron chi connectivity index (χ0n) is 15.4. The summed E-state index contributed by atoms with van der Waals surface area (Å²) in [5.41, 5.74) is 2.55. The molecule has 3 rings (SSSR count). The van der Waals surface area contributed by atoms with Gasteiger partial charge >= 0.3 is 0 Å². The summed E-state index contributed by atoms with van der Waals surface area (Å²) in [4.78, 5) is 2.60. The first-order chi connectivity index (χ1) is 12.1. The third kappa shape index (κ3) is 4.83.